The maximum absolute atomic E-state index is 14.7. The molecule has 10 rings (SSSR count). The van der Waals surface area contributed by atoms with Gasteiger partial charge in [0.05, 0.1) is 37.2 Å². The van der Waals surface area contributed by atoms with Gasteiger partial charge in [0.15, 0.2) is 10.3 Å². The first kappa shape index (κ1) is 46.3. The number of benzene rings is 6. The van der Waals surface area contributed by atoms with Crippen LogP contribution < -0.4 is 11.1 Å². The molecule has 0 saturated carbocycles. The number of likely N-dealkylation sites (N-methyl/N-ethyl adjacent to an activating group) is 2. The highest BCUT2D eigenvalue weighted by atomic mass is 32.2. The van der Waals surface area contributed by atoms with Crippen molar-refractivity contribution < 1.29 is 77.6 Å². The fourth-order valence-corrected chi connectivity index (χ4v) is 11.8. The fourth-order valence-electron chi connectivity index (χ4n) is 10.1. The van der Waals surface area contributed by atoms with Crippen LogP contribution in [-0.2, 0) is 85.1 Å². The number of hydrogen-bond acceptors (Lipinski definition) is 10. The Labute approximate surface area is 597 Å². The molecule has 0 spiro atoms. The van der Waals surface area contributed by atoms with Crippen LogP contribution in [0.2, 0.25) is 0 Å². The summed E-state index contributed by atoms with van der Waals surface area (Å²) in [7, 11) is 0. The van der Waals surface area contributed by atoms with Crippen molar-refractivity contribution in [1.82, 2.24) is 38.7 Å². The molecule has 0 aliphatic heterocycles. The number of carbonyl (C=O) groups is 2. The number of alkyl halides is 6. The van der Waals surface area contributed by atoms with E-state index in [1.165, 1.54) is 12.1 Å². The van der Waals surface area contributed by atoms with E-state index in [2.05, 4.69) is 9.97 Å². The molecule has 0 bridgehead atoms. The molecular weight excluding hydrogens is 1280 g/mol. The van der Waals surface area contributed by atoms with E-state index in [-0.39, 0.29) is 73.1 Å². The maximum atomic E-state index is 14.7. The Morgan fingerprint density at radius 2 is 1.03 bits per heavy atom. The number of amides is 2. The lowest BCUT2D eigenvalue weighted by Gasteiger charge is -2.28. The zero-order valence-electron chi connectivity index (χ0n) is 76.8. The molecule has 2 amide bonds. The summed E-state index contributed by atoms with van der Waals surface area (Å²) >= 11 is 1.03. The van der Waals surface area contributed by atoms with Crippen LogP contribution in [0, 0.1) is 24.5 Å². The van der Waals surface area contributed by atoms with Gasteiger partial charge in [-0.1, -0.05) is 155 Å². The Bertz CT molecular complexity index is 5350. The second kappa shape index (κ2) is 32.9. The van der Waals surface area contributed by atoms with Crippen LogP contribution in [0.1, 0.15) is 135 Å². The van der Waals surface area contributed by atoms with Gasteiger partial charge in [0.2, 0.25) is 11.8 Å². The molecule has 22 heteroatoms. The molecule has 8 aromatic rings. The third-order valence-corrected chi connectivity index (χ3v) is 17.3. The smallest absolute Gasteiger partial charge is 0.336 e. The molecule has 2 aliphatic rings. The third kappa shape index (κ3) is 19.0. The van der Waals surface area contributed by atoms with Crippen molar-refractivity contribution in [3.8, 4) is 22.3 Å². The lowest BCUT2D eigenvalue weighted by atomic mass is 9.98. The topological polar surface area (TPSA) is 117 Å². The van der Waals surface area contributed by atoms with E-state index < -0.39 is 237 Å². The number of carbonyl (C=O) groups excluding carboxylic acids is 2. The molecule has 0 fully saturated rings. The molecule has 0 saturated heterocycles. The van der Waals surface area contributed by atoms with Crippen LogP contribution in [0.25, 0.3) is 22.3 Å². The largest absolute Gasteiger partial charge is 0.416 e. The van der Waals surface area contributed by atoms with Crippen molar-refractivity contribution >= 4 is 35.3 Å². The molecule has 96 heavy (non-hydrogen) atoms. The quantitative estimate of drug-likeness (QED) is 0.0295. The van der Waals surface area contributed by atoms with Crippen molar-refractivity contribution in [2.45, 2.75) is 134 Å². The zero-order chi connectivity index (χ0) is 90.0. The van der Waals surface area contributed by atoms with Crippen molar-refractivity contribution in [2.75, 3.05) is 52.4 Å². The van der Waals surface area contributed by atoms with E-state index in [1.807, 2.05) is 37.5 Å². The van der Waals surface area contributed by atoms with Gasteiger partial charge in [-0.15, -0.1) is 0 Å². The van der Waals surface area contributed by atoms with Gasteiger partial charge in [0.1, 0.15) is 24.6 Å². The highest BCUT2D eigenvalue weighted by Gasteiger charge is 2.34. The number of fused-ring (bicyclic) bond motifs is 2. The van der Waals surface area contributed by atoms with Gasteiger partial charge >= 0.3 is 12.4 Å². The molecule has 2 aliphatic carbocycles. The van der Waals surface area contributed by atoms with Gasteiger partial charge < -0.3 is 28.7 Å². The Balaban J connectivity index is 0.000000273. The first-order valence-electron chi connectivity index (χ1n) is 42.3. The highest BCUT2D eigenvalue weighted by Crippen LogP contribution is 2.36. The van der Waals surface area contributed by atoms with E-state index in [0.717, 1.165) is 40.3 Å². The molecule has 2 heterocycles. The predicted molar refractivity (Wildman–Crippen MR) is 362 cm³/mol. The van der Waals surface area contributed by atoms with Gasteiger partial charge in [-0.05, 0) is 163 Å². The minimum atomic E-state index is -5.11. The molecule has 6 aromatic carbocycles. The van der Waals surface area contributed by atoms with Gasteiger partial charge in [0, 0.05) is 80.1 Å². The number of hydrogen-bond donors (Lipinski definition) is 0. The van der Waals surface area contributed by atoms with Gasteiger partial charge in [-0.25, -0.2) is 8.78 Å². The van der Waals surface area contributed by atoms with Crippen molar-refractivity contribution in [1.29, 1.82) is 0 Å². The monoisotopic (exact) mass is 1380 g/mol. The SMILES string of the molecule is [2H]c1c([2H])c(CSc2nc(=O)c3c(n2C([2H])([2H])C(=O)N(CCN(CC)CC)Cc2c([2H])c([2H])c(-c4c([2H])c([2H])c(C(F)(F)F)c(C)c4[2H])c([2H])c2[2H])CCC3)c([2H])c([2H])c1F.[2H]c1c([2H])c(CSc2nc(=O)c3c(n2C([2H])([2H])C(=O)N(CCN(CC)CC)Cc2ccc(-c4ccc(C(F)(F)F)cc4)cc2)C([2H])([2H])C([2H])(C)C3([2H])[2H])c([2H])c([2H])c1F. The molecule has 508 valence electrons. The van der Waals surface area contributed by atoms with Crippen LogP contribution in [0.15, 0.2) is 159 Å². The Morgan fingerprint density at radius 1 is 0.573 bits per heavy atom. The van der Waals surface area contributed by atoms with Crippen molar-refractivity contribution in [3.63, 3.8) is 0 Å². The van der Waals surface area contributed by atoms with E-state index >= 15 is 0 Å². The fraction of sp³-hybridized carbons (Fsp3) is 0.378. The second-order valence-corrected chi connectivity index (χ2v) is 23.6. The number of halogens is 8. The van der Waals surface area contributed by atoms with Gasteiger partial charge in [-0.2, -0.15) is 36.3 Å². The summed E-state index contributed by atoms with van der Waals surface area (Å²) in [5.74, 6) is -9.18. The molecule has 0 radical (unpaired) electrons. The number of rotatable bonds is 26. The van der Waals surface area contributed by atoms with E-state index in [9.17, 15) is 59.8 Å². The average Bonchev–Trinajstić information content (AvgIpc) is 1.53. The molecular formula is C74H80F8N8O4S2. The van der Waals surface area contributed by atoms with Crippen LogP contribution >= 0.6 is 23.5 Å². The first-order chi connectivity index (χ1) is 55.6. The minimum Gasteiger partial charge on any atom is -0.336 e. The van der Waals surface area contributed by atoms with Crippen LogP contribution in [-0.4, -0.2) is 103 Å². The van der Waals surface area contributed by atoms with Crippen molar-refractivity contribution in [3.05, 3.63) is 233 Å². The Hall–Kier alpha value is -7.92. The summed E-state index contributed by atoms with van der Waals surface area (Å²) in [6.45, 7) is 3.87. The van der Waals surface area contributed by atoms with Crippen LogP contribution in [0.5, 0.6) is 0 Å². The van der Waals surface area contributed by atoms with E-state index in [1.54, 1.807) is 24.3 Å². The first-order valence-corrected chi connectivity index (χ1v) is 32.2. The Kier molecular flexibility index (Phi) is 15.9. The molecule has 1 atom stereocenters. The summed E-state index contributed by atoms with van der Waals surface area (Å²) in [6, 6.07) is -2.73. The standard InChI is InChI=1S/2C37H40F4N4O2S/c1-4-43(5-2)18-19-44(22-26-6-10-28(11-7-26)29-12-14-30(15-13-29)37(39,40)41)34(46)23-45-33-21-25(3)20-32(33)35(47)42-36(45)48-24-27-8-16-31(38)17-9-27;1-4-43(5-2)19-20-44(22-26-9-13-28(14-10-26)29-15-18-32(25(3)21-29)37(39,40)41)34(46)23-45-33-8-6-7-31(33)35(47)42-36(45)48-24-27-11-16-30(38)17-12-27/h6-17,25H,4-5,18-24H2,1-3H3;9-18,21H,4-8,19-20,22-24H2,1-3H3/i8D,9D,16D,17D,20D2,21D2,23D2,25D;9D,10D,11D,12D,13D,14D,15D,16D,17D,18D,21D,23D2. The number of thioether (sulfide) groups is 2. The molecule has 1 unspecified atom stereocenters. The molecule has 0 N–H and O–H groups in total. The third-order valence-electron chi connectivity index (χ3n) is 15.4. The number of nitrogens with zero attached hydrogens (tertiary/aromatic N) is 8. The van der Waals surface area contributed by atoms with E-state index in [4.69, 9.17) is 27.4 Å². The summed E-state index contributed by atoms with van der Waals surface area (Å²) in [5, 5.41) is -1.09. The normalized spacial score (nSPS) is 19.3. The Morgan fingerprint density at radius 3 is 1.52 bits per heavy atom. The highest BCUT2D eigenvalue weighted by molar-refractivity contribution is 7.98. The van der Waals surface area contributed by atoms with Gasteiger partial charge in [-0.3, -0.25) is 19.2 Å². The minimum absolute atomic E-state index is 0.0958. The maximum Gasteiger partial charge on any atom is 0.416 e. The van der Waals surface area contributed by atoms with Gasteiger partial charge in [0.25, 0.3) is 11.1 Å². The average molecular weight is 1390 g/mol. The molecule has 2 aromatic heterocycles. The lowest BCUT2D eigenvalue weighted by Crippen LogP contribution is -2.40. The summed E-state index contributed by atoms with van der Waals surface area (Å²) in [5.41, 5.74) is -7.98. The zero-order valence-corrected chi connectivity index (χ0v) is 54.4. The second-order valence-electron chi connectivity index (χ2n) is 21.7. The lowest BCUT2D eigenvalue weighted by molar-refractivity contribution is -0.138. The summed E-state index contributed by atoms with van der Waals surface area (Å²) < 4.78 is 317. The molecule has 12 nitrogen and oxygen atoms in total. The predicted octanol–water partition coefficient (Wildman–Crippen LogP) is 15.0. The van der Waals surface area contributed by atoms with Crippen molar-refractivity contribution in [2.24, 2.45) is 5.89 Å². The summed E-state index contributed by atoms with van der Waals surface area (Å²) in [6.07, 6.45) is -15.1. The van der Waals surface area contributed by atoms with Crippen LogP contribution in [0.4, 0.5) is 35.1 Å². The van der Waals surface area contributed by atoms with E-state index in [0.29, 0.717) is 77.4 Å². The number of aromatic nitrogens is 4. The van der Waals surface area contributed by atoms with Crippen LogP contribution in [0.3, 0.4) is 0 Å². The summed E-state index contributed by atoms with van der Waals surface area (Å²) in [4.78, 5) is 70.1.